The Bertz CT molecular complexity index is 2130. The molecule has 1 N–H and O–H groups in total. The van der Waals surface area contributed by atoms with Crippen molar-refractivity contribution >= 4 is 30.4 Å². The second kappa shape index (κ2) is 17.6. The highest BCUT2D eigenvalue weighted by Gasteiger charge is 2.55. The van der Waals surface area contributed by atoms with Gasteiger partial charge in [0, 0.05) is 26.1 Å². The van der Waals surface area contributed by atoms with Crippen molar-refractivity contribution in [1.29, 1.82) is 0 Å². The molecule has 0 radical (unpaired) electrons. The predicted molar refractivity (Wildman–Crippen MR) is 226 cm³/mol. The summed E-state index contributed by atoms with van der Waals surface area (Å²) in [6.45, 7) is 13.0. The predicted octanol–water partition coefficient (Wildman–Crippen LogP) is 6.59. The highest BCUT2D eigenvalue weighted by atomic mass is 28.4. The normalized spacial score (nSPS) is 21.5. The number of hydrogen-bond acceptors (Lipinski definition) is 9. The van der Waals surface area contributed by atoms with E-state index in [9.17, 15) is 9.59 Å². The van der Waals surface area contributed by atoms with Crippen molar-refractivity contribution in [3.05, 3.63) is 155 Å². The van der Waals surface area contributed by atoms with Crippen LogP contribution < -0.4 is 21.4 Å². The van der Waals surface area contributed by atoms with E-state index in [1.165, 1.54) is 21.9 Å². The molecule has 1 aromatic heterocycles. The maximum atomic E-state index is 13.4. The molecule has 3 heterocycles. The molecule has 0 spiro atoms. The standard InChI is InChI=1S/C46H54N4O7Si/c1-33(51)47-40-27-28-49(44(52)48-40)41-29-38(50(57-41)30-34-19-11-7-12-20-34)42-43(56-46(5,6)55-42)39(53-31-35-21-13-8-14-22-35)32-54-58(45(2,3)4,36-23-15-9-16-24-36)37-25-17-10-18-26-37/h7-28,38-39,41-43H,29-32H2,1-6H3,(H,47,48,51,52)/t38-,39+,41+,42-,43-/m0/s1. The summed E-state index contributed by atoms with van der Waals surface area (Å²) in [7, 11) is -2.98. The highest BCUT2D eigenvalue weighted by Crippen LogP contribution is 2.42. The van der Waals surface area contributed by atoms with Gasteiger partial charge in [-0.05, 0) is 46.5 Å². The lowest BCUT2D eigenvalue weighted by Gasteiger charge is -2.44. The van der Waals surface area contributed by atoms with Crippen molar-refractivity contribution in [2.75, 3.05) is 11.9 Å². The van der Waals surface area contributed by atoms with Gasteiger partial charge >= 0.3 is 5.69 Å². The lowest BCUT2D eigenvalue weighted by Crippen LogP contribution is -2.67. The molecule has 2 saturated heterocycles. The molecular weight excluding hydrogens is 749 g/mol. The molecule has 11 nitrogen and oxygen atoms in total. The van der Waals surface area contributed by atoms with E-state index in [1.54, 1.807) is 12.3 Å². The molecule has 7 rings (SSSR count). The second-order valence-corrected chi connectivity index (χ2v) is 20.8. The number of benzene rings is 4. The Morgan fingerprint density at radius 1 is 0.862 bits per heavy atom. The number of hydrogen-bond donors (Lipinski definition) is 1. The first-order valence-electron chi connectivity index (χ1n) is 19.9. The van der Waals surface area contributed by atoms with E-state index in [1.807, 2.05) is 91.7 Å². The van der Waals surface area contributed by atoms with Gasteiger partial charge in [0.15, 0.2) is 12.0 Å². The summed E-state index contributed by atoms with van der Waals surface area (Å²) in [5.41, 5.74) is 1.51. The molecule has 12 heteroatoms. The Morgan fingerprint density at radius 3 is 1.98 bits per heavy atom. The summed E-state index contributed by atoms with van der Waals surface area (Å²) in [4.78, 5) is 35.9. The maximum absolute atomic E-state index is 13.4. The number of nitrogens with zero attached hydrogens (tertiary/aromatic N) is 3. The monoisotopic (exact) mass is 802 g/mol. The van der Waals surface area contributed by atoms with Crippen LogP contribution in [0.2, 0.25) is 5.04 Å². The van der Waals surface area contributed by atoms with Gasteiger partial charge in [0.2, 0.25) is 5.91 Å². The van der Waals surface area contributed by atoms with Crippen molar-refractivity contribution in [2.24, 2.45) is 0 Å². The molecule has 1 amide bonds. The minimum atomic E-state index is -2.98. The SMILES string of the molecule is CC(=O)Nc1ccn([C@H]2C[C@@H]([C@@H]3OC(C)(C)O[C@H]3[C@@H](CO[Si](c3ccccc3)(c3ccccc3)C(C)(C)C)OCc3ccccc3)N(Cc3ccccc3)O2)c(=O)n1. The third-order valence-corrected chi connectivity index (χ3v) is 15.8. The van der Waals surface area contributed by atoms with Crippen molar-refractivity contribution in [2.45, 2.75) is 103 Å². The molecule has 4 aromatic carbocycles. The molecule has 0 saturated carbocycles. The first kappa shape index (κ1) is 41.4. The molecule has 2 fully saturated rings. The highest BCUT2D eigenvalue weighted by molar-refractivity contribution is 6.99. The van der Waals surface area contributed by atoms with E-state index in [4.69, 9.17) is 23.5 Å². The van der Waals surface area contributed by atoms with Gasteiger partial charge in [-0.25, -0.2) is 4.79 Å². The average molecular weight is 803 g/mol. The summed E-state index contributed by atoms with van der Waals surface area (Å²) in [5.74, 6) is -1.11. The number of rotatable bonds is 14. The Kier molecular flexibility index (Phi) is 12.5. The lowest BCUT2D eigenvalue weighted by atomic mass is 9.98. The third-order valence-electron chi connectivity index (χ3n) is 10.8. The Hall–Kier alpha value is -4.79. The second-order valence-electron chi connectivity index (χ2n) is 16.5. The molecular formula is C46H54N4O7Si. The van der Waals surface area contributed by atoms with Crippen molar-refractivity contribution < 1.29 is 28.3 Å². The number of ether oxygens (including phenoxy) is 3. The molecule has 58 heavy (non-hydrogen) atoms. The first-order valence-corrected chi connectivity index (χ1v) is 21.8. The molecule has 0 aliphatic carbocycles. The maximum Gasteiger partial charge on any atom is 0.351 e. The van der Waals surface area contributed by atoms with Gasteiger partial charge in [-0.15, -0.1) is 0 Å². The molecule has 5 atom stereocenters. The minimum absolute atomic E-state index is 0.179. The van der Waals surface area contributed by atoms with Gasteiger partial charge in [-0.2, -0.15) is 10.0 Å². The quantitative estimate of drug-likeness (QED) is 0.124. The number of carbonyl (C=O) groups is 1. The van der Waals surface area contributed by atoms with Crippen LogP contribution in [0.1, 0.15) is 65.3 Å². The third kappa shape index (κ3) is 9.24. The van der Waals surface area contributed by atoms with Gasteiger partial charge in [-0.1, -0.05) is 142 Å². The molecule has 2 aliphatic heterocycles. The zero-order valence-corrected chi connectivity index (χ0v) is 35.1. The lowest BCUT2D eigenvalue weighted by molar-refractivity contribution is -0.210. The Labute approximate surface area is 342 Å². The van der Waals surface area contributed by atoms with Crippen LogP contribution in [-0.2, 0) is 41.4 Å². The van der Waals surface area contributed by atoms with Gasteiger partial charge in [0.05, 0.1) is 19.3 Å². The number of anilines is 1. The van der Waals surface area contributed by atoms with Gasteiger partial charge in [-0.3, -0.25) is 14.2 Å². The number of nitrogens with one attached hydrogen (secondary N) is 1. The van der Waals surface area contributed by atoms with E-state index in [2.05, 4.69) is 79.6 Å². The van der Waals surface area contributed by atoms with Gasteiger partial charge in [0.1, 0.15) is 24.1 Å². The zero-order valence-electron chi connectivity index (χ0n) is 34.1. The van der Waals surface area contributed by atoms with Crippen LogP contribution in [0.15, 0.2) is 138 Å². The summed E-state index contributed by atoms with van der Waals surface area (Å²) >= 11 is 0. The average Bonchev–Trinajstić information content (AvgIpc) is 3.76. The summed E-state index contributed by atoms with van der Waals surface area (Å²) in [6.07, 6.45) is -0.451. The van der Waals surface area contributed by atoms with Crippen LogP contribution in [-0.4, -0.2) is 65.6 Å². The van der Waals surface area contributed by atoms with Crippen molar-refractivity contribution in [3.8, 4) is 0 Å². The molecule has 304 valence electrons. The van der Waals surface area contributed by atoms with Crippen LogP contribution >= 0.6 is 0 Å². The van der Waals surface area contributed by atoms with E-state index in [0.717, 1.165) is 11.1 Å². The van der Waals surface area contributed by atoms with E-state index >= 15 is 0 Å². The summed E-state index contributed by atoms with van der Waals surface area (Å²) in [6, 6.07) is 42.5. The molecule has 2 aliphatic rings. The smallest absolute Gasteiger partial charge is 0.351 e. The fraction of sp³-hybridized carbons (Fsp3) is 0.370. The Balaban J connectivity index is 1.27. The number of hydroxylamine groups is 2. The van der Waals surface area contributed by atoms with Crippen molar-refractivity contribution in [1.82, 2.24) is 14.6 Å². The number of amides is 1. The topological polar surface area (TPSA) is 113 Å². The van der Waals surface area contributed by atoms with Crippen LogP contribution in [0.4, 0.5) is 5.82 Å². The van der Waals surface area contributed by atoms with Gasteiger partial charge < -0.3 is 24.0 Å². The molecule has 0 unspecified atom stereocenters. The summed E-state index contributed by atoms with van der Waals surface area (Å²) in [5, 5.41) is 6.56. The van der Waals surface area contributed by atoms with Crippen LogP contribution in [0.25, 0.3) is 0 Å². The van der Waals surface area contributed by atoms with Gasteiger partial charge in [0.25, 0.3) is 8.32 Å². The van der Waals surface area contributed by atoms with E-state index in [-0.39, 0.29) is 29.4 Å². The Morgan fingerprint density at radius 2 is 1.43 bits per heavy atom. The van der Waals surface area contributed by atoms with E-state index in [0.29, 0.717) is 19.6 Å². The van der Waals surface area contributed by atoms with Crippen molar-refractivity contribution in [3.63, 3.8) is 0 Å². The molecule has 5 aromatic rings. The number of aromatic nitrogens is 2. The minimum Gasteiger partial charge on any atom is -0.405 e. The molecule has 0 bridgehead atoms. The van der Waals surface area contributed by atoms with Crippen LogP contribution in [0.3, 0.4) is 0 Å². The zero-order chi connectivity index (χ0) is 40.9. The van der Waals surface area contributed by atoms with Crippen LogP contribution in [0, 0.1) is 0 Å². The van der Waals surface area contributed by atoms with Crippen LogP contribution in [0.5, 0.6) is 0 Å². The summed E-state index contributed by atoms with van der Waals surface area (Å²) < 4.78 is 29.7. The fourth-order valence-corrected chi connectivity index (χ4v) is 12.8. The van der Waals surface area contributed by atoms with E-state index < -0.39 is 44.3 Å². The fourth-order valence-electron chi connectivity index (χ4n) is 8.25. The first-order chi connectivity index (χ1) is 27.8. The largest absolute Gasteiger partial charge is 0.405 e. The number of carbonyl (C=O) groups excluding carboxylic acids is 1.